The fourth-order valence-electron chi connectivity index (χ4n) is 2.71. The van der Waals surface area contributed by atoms with E-state index in [9.17, 15) is 0 Å². The number of nitrogens with zero attached hydrogens (tertiary/aromatic N) is 1. The average molecular weight is 262 g/mol. The number of benzene rings is 1. The van der Waals surface area contributed by atoms with Crippen molar-refractivity contribution in [3.05, 3.63) is 35.4 Å². The Bertz CT molecular complexity index is 408. The Morgan fingerprint density at radius 3 is 2.42 bits per heavy atom. The molecule has 0 spiro atoms. The van der Waals surface area contributed by atoms with Crippen molar-refractivity contribution in [1.82, 2.24) is 4.90 Å². The molecule has 0 aliphatic carbocycles. The summed E-state index contributed by atoms with van der Waals surface area (Å²) in [5.74, 6) is 0. The minimum atomic E-state index is 0.0965. The molecule has 1 fully saturated rings. The summed E-state index contributed by atoms with van der Waals surface area (Å²) < 4.78 is 5.80. The number of ether oxygens (including phenoxy) is 1. The molecular weight excluding hydrogens is 236 g/mol. The number of rotatable bonds is 2. The van der Waals surface area contributed by atoms with Crippen molar-refractivity contribution < 1.29 is 4.74 Å². The van der Waals surface area contributed by atoms with E-state index in [0.717, 1.165) is 13.2 Å². The van der Waals surface area contributed by atoms with Gasteiger partial charge in [0.2, 0.25) is 0 Å². The highest BCUT2D eigenvalue weighted by Gasteiger charge is 2.30. The Balaban J connectivity index is 2.24. The van der Waals surface area contributed by atoms with Gasteiger partial charge in [0.25, 0.3) is 0 Å². The lowest BCUT2D eigenvalue weighted by atomic mass is 9.85. The third-order valence-corrected chi connectivity index (χ3v) is 3.95. The highest BCUT2D eigenvalue weighted by molar-refractivity contribution is 5.30. The lowest BCUT2D eigenvalue weighted by Gasteiger charge is -2.39. The second-order valence-corrected chi connectivity index (χ2v) is 6.44. The van der Waals surface area contributed by atoms with Gasteiger partial charge in [0, 0.05) is 13.1 Å². The molecule has 0 radical (unpaired) electrons. The molecule has 19 heavy (non-hydrogen) atoms. The molecule has 1 aromatic carbocycles. The van der Waals surface area contributed by atoms with Crippen molar-refractivity contribution in [3.63, 3.8) is 0 Å². The maximum atomic E-state index is 5.84. The van der Waals surface area contributed by atoms with Crippen molar-refractivity contribution in [2.45, 2.75) is 38.3 Å². The third kappa shape index (κ3) is 3.16. The zero-order valence-corrected chi connectivity index (χ0v) is 12.5. The van der Waals surface area contributed by atoms with Crippen LogP contribution >= 0.6 is 0 Å². The van der Waals surface area contributed by atoms with E-state index in [1.807, 2.05) is 0 Å². The number of hydrogen-bond acceptors (Lipinski definition) is 3. The van der Waals surface area contributed by atoms with Crippen LogP contribution in [0.2, 0.25) is 0 Å². The highest BCUT2D eigenvalue weighted by atomic mass is 16.5. The maximum Gasteiger partial charge on any atom is 0.0894 e. The summed E-state index contributed by atoms with van der Waals surface area (Å²) in [6, 6.07) is 9.17. The van der Waals surface area contributed by atoms with Crippen molar-refractivity contribution >= 4 is 0 Å². The van der Waals surface area contributed by atoms with Gasteiger partial charge in [0.05, 0.1) is 18.8 Å². The van der Waals surface area contributed by atoms with Gasteiger partial charge in [0.15, 0.2) is 0 Å². The number of likely N-dealkylation sites (N-methyl/N-ethyl adjacent to an activating group) is 1. The Hall–Kier alpha value is -0.900. The zero-order valence-electron chi connectivity index (χ0n) is 12.5. The van der Waals surface area contributed by atoms with Crippen LogP contribution in [0, 0.1) is 0 Å². The predicted octanol–water partition coefficient (Wildman–Crippen LogP) is 2.31. The first-order valence-corrected chi connectivity index (χ1v) is 7.06. The van der Waals surface area contributed by atoms with Crippen LogP contribution in [0.4, 0.5) is 0 Å². The average Bonchev–Trinajstić information content (AvgIpc) is 2.37. The summed E-state index contributed by atoms with van der Waals surface area (Å²) in [6.07, 6.45) is 0.0965. The molecular formula is C16H26N2O. The minimum absolute atomic E-state index is 0.0965. The van der Waals surface area contributed by atoms with Crippen LogP contribution in [-0.2, 0) is 10.2 Å². The van der Waals surface area contributed by atoms with Crippen LogP contribution in [0.25, 0.3) is 0 Å². The Morgan fingerprint density at radius 1 is 1.26 bits per heavy atom. The molecule has 0 bridgehead atoms. The van der Waals surface area contributed by atoms with Crippen LogP contribution in [-0.4, -0.2) is 37.7 Å². The predicted molar refractivity (Wildman–Crippen MR) is 79.3 cm³/mol. The first-order valence-electron chi connectivity index (χ1n) is 7.06. The summed E-state index contributed by atoms with van der Waals surface area (Å²) in [7, 11) is 2.15. The third-order valence-electron chi connectivity index (χ3n) is 3.95. The lowest BCUT2D eigenvalue weighted by molar-refractivity contribution is -0.0576. The summed E-state index contributed by atoms with van der Waals surface area (Å²) in [5.41, 5.74) is 8.69. The molecule has 3 nitrogen and oxygen atoms in total. The van der Waals surface area contributed by atoms with E-state index in [4.69, 9.17) is 10.5 Å². The second kappa shape index (κ2) is 5.61. The summed E-state index contributed by atoms with van der Waals surface area (Å²) in [5, 5.41) is 0. The highest BCUT2D eigenvalue weighted by Crippen LogP contribution is 2.30. The van der Waals surface area contributed by atoms with E-state index < -0.39 is 0 Å². The van der Waals surface area contributed by atoms with Crippen LogP contribution in [0.1, 0.15) is 37.9 Å². The second-order valence-electron chi connectivity index (χ2n) is 6.44. The van der Waals surface area contributed by atoms with Gasteiger partial charge in [-0.3, -0.25) is 4.90 Å². The molecule has 2 atom stereocenters. The van der Waals surface area contributed by atoms with Crippen molar-refractivity contribution in [2.24, 2.45) is 5.73 Å². The van der Waals surface area contributed by atoms with Crippen LogP contribution < -0.4 is 5.73 Å². The van der Waals surface area contributed by atoms with Gasteiger partial charge in [-0.2, -0.15) is 0 Å². The standard InChI is InChI=1S/C16H26N2O/c1-16(2,3)13-7-5-12(6-8-13)15-14(11-17)19-10-9-18(15)4/h5-8,14-15H,9-11,17H2,1-4H3. The molecule has 2 unspecified atom stereocenters. The van der Waals surface area contributed by atoms with Gasteiger partial charge >= 0.3 is 0 Å². The molecule has 0 saturated carbocycles. The van der Waals surface area contributed by atoms with Crippen LogP contribution in [0.5, 0.6) is 0 Å². The van der Waals surface area contributed by atoms with Crippen molar-refractivity contribution in [3.8, 4) is 0 Å². The molecule has 1 aromatic rings. The largest absolute Gasteiger partial charge is 0.374 e. The SMILES string of the molecule is CN1CCOC(CN)C1c1ccc(C(C)(C)C)cc1. The van der Waals surface area contributed by atoms with E-state index in [1.54, 1.807) is 0 Å². The van der Waals surface area contributed by atoms with Gasteiger partial charge in [-0.05, 0) is 23.6 Å². The summed E-state index contributed by atoms with van der Waals surface area (Å²) >= 11 is 0. The van der Waals surface area contributed by atoms with Gasteiger partial charge in [-0.1, -0.05) is 45.0 Å². The molecule has 1 saturated heterocycles. The molecule has 0 amide bonds. The first kappa shape index (κ1) is 14.5. The Labute approximate surface area is 116 Å². The van der Waals surface area contributed by atoms with Crippen molar-refractivity contribution in [2.75, 3.05) is 26.7 Å². The van der Waals surface area contributed by atoms with Gasteiger partial charge < -0.3 is 10.5 Å². The fraction of sp³-hybridized carbons (Fsp3) is 0.625. The van der Waals surface area contributed by atoms with E-state index in [-0.39, 0.29) is 17.6 Å². The van der Waals surface area contributed by atoms with E-state index in [1.165, 1.54) is 11.1 Å². The van der Waals surface area contributed by atoms with Crippen LogP contribution in [0.15, 0.2) is 24.3 Å². The van der Waals surface area contributed by atoms with Gasteiger partial charge in [-0.15, -0.1) is 0 Å². The molecule has 1 aliphatic heterocycles. The van der Waals surface area contributed by atoms with Gasteiger partial charge in [-0.25, -0.2) is 0 Å². The topological polar surface area (TPSA) is 38.5 Å². The summed E-state index contributed by atoms with van der Waals surface area (Å²) in [4.78, 5) is 2.34. The lowest BCUT2D eigenvalue weighted by Crippen LogP contribution is -2.46. The smallest absolute Gasteiger partial charge is 0.0894 e. The number of morpholine rings is 1. The maximum absolute atomic E-state index is 5.84. The molecule has 1 heterocycles. The monoisotopic (exact) mass is 262 g/mol. The normalized spacial score (nSPS) is 25.5. The Kier molecular flexibility index (Phi) is 4.29. The molecule has 1 aliphatic rings. The molecule has 106 valence electrons. The Morgan fingerprint density at radius 2 is 1.89 bits per heavy atom. The van der Waals surface area contributed by atoms with E-state index >= 15 is 0 Å². The molecule has 2 N–H and O–H groups in total. The van der Waals surface area contributed by atoms with Crippen molar-refractivity contribution in [1.29, 1.82) is 0 Å². The minimum Gasteiger partial charge on any atom is -0.374 e. The number of nitrogens with two attached hydrogens (primary N) is 1. The quantitative estimate of drug-likeness (QED) is 0.889. The first-order chi connectivity index (χ1) is 8.93. The molecule has 3 heteroatoms. The van der Waals surface area contributed by atoms with Crippen LogP contribution in [0.3, 0.4) is 0 Å². The summed E-state index contributed by atoms with van der Waals surface area (Å²) in [6.45, 7) is 9.01. The zero-order chi connectivity index (χ0) is 14.0. The van der Waals surface area contributed by atoms with E-state index in [0.29, 0.717) is 6.54 Å². The fourth-order valence-corrected chi connectivity index (χ4v) is 2.71. The molecule has 2 rings (SSSR count). The van der Waals surface area contributed by atoms with E-state index in [2.05, 4.69) is 57.0 Å². The number of hydrogen-bond donors (Lipinski definition) is 1. The van der Waals surface area contributed by atoms with Gasteiger partial charge in [0.1, 0.15) is 0 Å². The molecule has 0 aromatic heterocycles.